The van der Waals surface area contributed by atoms with Gasteiger partial charge in [0.2, 0.25) is 0 Å². The zero-order valence-electron chi connectivity index (χ0n) is 10.9. The Hall–Kier alpha value is -1.92. The van der Waals surface area contributed by atoms with Crippen molar-refractivity contribution in [1.82, 2.24) is 5.32 Å². The SMILES string of the molecule is O=CC[C@@H]1OC[C@H](NC(=O)OCc2ccccc2)[C@@H]1O. The van der Waals surface area contributed by atoms with Crippen LogP contribution in [0.2, 0.25) is 0 Å². The fourth-order valence-corrected chi connectivity index (χ4v) is 2.03. The van der Waals surface area contributed by atoms with Crippen LogP contribution in [-0.2, 0) is 20.9 Å². The lowest BCUT2D eigenvalue weighted by Crippen LogP contribution is -2.44. The first-order chi connectivity index (χ1) is 9.70. The molecule has 0 bridgehead atoms. The molecule has 2 N–H and O–H groups in total. The van der Waals surface area contributed by atoms with Crippen molar-refractivity contribution in [1.29, 1.82) is 0 Å². The standard InChI is InChI=1S/C14H17NO5/c16-7-6-12-13(17)11(9-19-12)15-14(18)20-8-10-4-2-1-3-5-10/h1-5,7,11-13,17H,6,8-9H2,(H,15,18)/t11-,12-,13-/m0/s1. The molecule has 2 rings (SSSR count). The first-order valence-electron chi connectivity index (χ1n) is 6.41. The Kier molecular flexibility index (Phi) is 5.09. The van der Waals surface area contributed by atoms with Crippen molar-refractivity contribution in [2.75, 3.05) is 6.61 Å². The van der Waals surface area contributed by atoms with Crippen LogP contribution in [0.15, 0.2) is 30.3 Å². The Bertz CT molecular complexity index is 450. The highest BCUT2D eigenvalue weighted by molar-refractivity contribution is 5.67. The van der Waals surface area contributed by atoms with Crippen molar-refractivity contribution < 1.29 is 24.2 Å². The predicted molar refractivity (Wildman–Crippen MR) is 70.0 cm³/mol. The maximum Gasteiger partial charge on any atom is 0.407 e. The number of alkyl carbamates (subject to hydrolysis) is 1. The fourth-order valence-electron chi connectivity index (χ4n) is 2.03. The molecule has 1 saturated heterocycles. The molecule has 1 aromatic rings. The summed E-state index contributed by atoms with van der Waals surface area (Å²) in [6, 6.07) is 8.73. The van der Waals surface area contributed by atoms with E-state index >= 15 is 0 Å². The number of aliphatic hydroxyl groups is 1. The summed E-state index contributed by atoms with van der Waals surface area (Å²) in [7, 11) is 0. The third-order valence-electron chi connectivity index (χ3n) is 3.13. The molecule has 1 fully saturated rings. The maximum atomic E-state index is 11.6. The van der Waals surface area contributed by atoms with Gasteiger partial charge in [0.25, 0.3) is 0 Å². The number of nitrogens with one attached hydrogen (secondary N) is 1. The number of amides is 1. The van der Waals surface area contributed by atoms with E-state index in [-0.39, 0.29) is 19.6 Å². The van der Waals surface area contributed by atoms with Gasteiger partial charge in [-0.2, -0.15) is 0 Å². The molecule has 108 valence electrons. The number of benzene rings is 1. The fraction of sp³-hybridized carbons (Fsp3) is 0.429. The van der Waals surface area contributed by atoms with Crippen molar-refractivity contribution in [3.63, 3.8) is 0 Å². The van der Waals surface area contributed by atoms with Gasteiger partial charge < -0.3 is 24.7 Å². The number of rotatable bonds is 5. The molecule has 1 heterocycles. The van der Waals surface area contributed by atoms with Gasteiger partial charge in [-0.25, -0.2) is 4.79 Å². The van der Waals surface area contributed by atoms with Crippen LogP contribution in [-0.4, -0.2) is 42.3 Å². The predicted octanol–water partition coefficient (Wildman–Crippen LogP) is 0.630. The number of carbonyl (C=O) groups excluding carboxylic acids is 2. The molecule has 0 aromatic heterocycles. The van der Waals surface area contributed by atoms with E-state index < -0.39 is 24.3 Å². The molecular weight excluding hydrogens is 262 g/mol. The van der Waals surface area contributed by atoms with Crippen molar-refractivity contribution in [2.45, 2.75) is 31.3 Å². The second-order valence-electron chi connectivity index (χ2n) is 4.58. The highest BCUT2D eigenvalue weighted by Crippen LogP contribution is 2.16. The summed E-state index contributed by atoms with van der Waals surface area (Å²) in [6.45, 7) is 0.328. The number of carbonyl (C=O) groups is 2. The van der Waals surface area contributed by atoms with Crippen LogP contribution < -0.4 is 5.32 Å². The Balaban J connectivity index is 1.76. The summed E-state index contributed by atoms with van der Waals surface area (Å²) in [4.78, 5) is 22.0. The highest BCUT2D eigenvalue weighted by Gasteiger charge is 2.36. The number of hydrogen-bond acceptors (Lipinski definition) is 5. The zero-order valence-corrected chi connectivity index (χ0v) is 10.9. The minimum Gasteiger partial charge on any atom is -0.445 e. The second-order valence-corrected chi connectivity index (χ2v) is 4.58. The van der Waals surface area contributed by atoms with Crippen molar-refractivity contribution in [3.8, 4) is 0 Å². The number of aldehydes is 1. The first kappa shape index (κ1) is 14.5. The van der Waals surface area contributed by atoms with Gasteiger partial charge in [-0.15, -0.1) is 0 Å². The average Bonchev–Trinajstić information content (AvgIpc) is 2.80. The minimum absolute atomic E-state index is 0.110. The van der Waals surface area contributed by atoms with Crippen molar-refractivity contribution in [3.05, 3.63) is 35.9 Å². The van der Waals surface area contributed by atoms with E-state index in [1.54, 1.807) is 0 Å². The number of aliphatic hydroxyl groups excluding tert-OH is 1. The molecule has 1 amide bonds. The molecule has 1 aliphatic heterocycles. The molecule has 6 heteroatoms. The molecule has 20 heavy (non-hydrogen) atoms. The minimum atomic E-state index is -0.899. The third kappa shape index (κ3) is 3.79. The molecule has 0 radical (unpaired) electrons. The molecule has 6 nitrogen and oxygen atoms in total. The Morgan fingerprint density at radius 1 is 1.45 bits per heavy atom. The van der Waals surface area contributed by atoms with Crippen LogP contribution in [0.4, 0.5) is 4.79 Å². The van der Waals surface area contributed by atoms with E-state index in [0.717, 1.165) is 5.56 Å². The van der Waals surface area contributed by atoms with Crippen molar-refractivity contribution >= 4 is 12.4 Å². The Morgan fingerprint density at radius 3 is 2.90 bits per heavy atom. The van der Waals surface area contributed by atoms with Gasteiger partial charge in [0.05, 0.1) is 18.8 Å². The summed E-state index contributed by atoms with van der Waals surface area (Å²) >= 11 is 0. The van der Waals surface area contributed by atoms with E-state index in [1.165, 1.54) is 0 Å². The Labute approximate surface area is 116 Å². The van der Waals surface area contributed by atoms with Gasteiger partial charge in [0.15, 0.2) is 0 Å². The summed E-state index contributed by atoms with van der Waals surface area (Å²) in [5.74, 6) is 0. The van der Waals surface area contributed by atoms with Gasteiger partial charge in [-0.1, -0.05) is 30.3 Å². The van der Waals surface area contributed by atoms with Crippen LogP contribution in [0.25, 0.3) is 0 Å². The number of ether oxygens (including phenoxy) is 2. The second kappa shape index (κ2) is 7.02. The van der Waals surface area contributed by atoms with Crippen molar-refractivity contribution in [2.24, 2.45) is 0 Å². The maximum absolute atomic E-state index is 11.6. The molecule has 1 aliphatic rings. The van der Waals surface area contributed by atoms with E-state index in [4.69, 9.17) is 9.47 Å². The molecular formula is C14H17NO5. The van der Waals surface area contributed by atoms with Crippen LogP contribution in [0.3, 0.4) is 0 Å². The van der Waals surface area contributed by atoms with E-state index in [1.807, 2.05) is 30.3 Å². The monoisotopic (exact) mass is 279 g/mol. The summed E-state index contributed by atoms with van der Waals surface area (Å²) in [5, 5.41) is 12.4. The molecule has 0 spiro atoms. The number of hydrogen-bond donors (Lipinski definition) is 2. The summed E-state index contributed by atoms with van der Waals surface area (Å²) in [6.07, 6.45) is -1.28. The normalized spacial score (nSPS) is 25.1. The zero-order chi connectivity index (χ0) is 14.4. The van der Waals surface area contributed by atoms with E-state index in [9.17, 15) is 14.7 Å². The molecule has 1 aromatic carbocycles. The van der Waals surface area contributed by atoms with Gasteiger partial charge >= 0.3 is 6.09 Å². The lowest BCUT2D eigenvalue weighted by atomic mass is 10.1. The van der Waals surface area contributed by atoms with Gasteiger partial charge in [0, 0.05) is 6.42 Å². The smallest absolute Gasteiger partial charge is 0.407 e. The summed E-state index contributed by atoms with van der Waals surface area (Å²) in [5.41, 5.74) is 0.879. The molecule has 0 unspecified atom stereocenters. The topological polar surface area (TPSA) is 84.9 Å². The van der Waals surface area contributed by atoms with E-state index in [2.05, 4.69) is 5.32 Å². The van der Waals surface area contributed by atoms with E-state index in [0.29, 0.717) is 6.29 Å². The molecule has 0 saturated carbocycles. The average molecular weight is 279 g/mol. The quantitative estimate of drug-likeness (QED) is 0.772. The summed E-state index contributed by atoms with van der Waals surface area (Å²) < 4.78 is 10.3. The van der Waals surface area contributed by atoms with Crippen LogP contribution in [0.1, 0.15) is 12.0 Å². The molecule has 0 aliphatic carbocycles. The van der Waals surface area contributed by atoms with Gasteiger partial charge in [0.1, 0.15) is 19.0 Å². The Morgan fingerprint density at radius 2 is 2.20 bits per heavy atom. The van der Waals surface area contributed by atoms with Crippen LogP contribution in [0.5, 0.6) is 0 Å². The third-order valence-corrected chi connectivity index (χ3v) is 3.13. The van der Waals surface area contributed by atoms with Crippen LogP contribution >= 0.6 is 0 Å². The van der Waals surface area contributed by atoms with Crippen LogP contribution in [0, 0.1) is 0 Å². The first-order valence-corrected chi connectivity index (χ1v) is 6.41. The lowest BCUT2D eigenvalue weighted by Gasteiger charge is -2.17. The highest BCUT2D eigenvalue weighted by atomic mass is 16.6. The van der Waals surface area contributed by atoms with Gasteiger partial charge in [-0.3, -0.25) is 0 Å². The van der Waals surface area contributed by atoms with Gasteiger partial charge in [-0.05, 0) is 5.56 Å². The lowest BCUT2D eigenvalue weighted by molar-refractivity contribution is -0.110. The molecule has 3 atom stereocenters. The largest absolute Gasteiger partial charge is 0.445 e.